The van der Waals surface area contributed by atoms with Gasteiger partial charge in [-0.15, -0.1) is 0 Å². The Hall–Kier alpha value is -1.92. The van der Waals surface area contributed by atoms with Gasteiger partial charge in [0.15, 0.2) is 0 Å². The molecule has 1 N–H and O–H groups in total. The molecule has 6 nitrogen and oxygen atoms in total. The number of piperidine rings is 1. The Labute approximate surface area is 161 Å². The maximum Gasteiger partial charge on any atom is 0.254 e. The van der Waals surface area contributed by atoms with E-state index in [1.54, 1.807) is 4.90 Å². The SMILES string of the molecule is CC(NC(=O)C1CCCCN1C(=O)c1ccccc1)C(C)N1CCOCC1. The summed E-state index contributed by atoms with van der Waals surface area (Å²) in [5.41, 5.74) is 0.645. The van der Waals surface area contributed by atoms with Crippen molar-refractivity contribution >= 4 is 11.8 Å². The third-order valence-electron chi connectivity index (χ3n) is 5.80. The molecule has 148 valence electrons. The number of nitrogens with zero attached hydrogens (tertiary/aromatic N) is 2. The van der Waals surface area contributed by atoms with Crippen LogP contribution in [0.5, 0.6) is 0 Å². The van der Waals surface area contributed by atoms with Crippen LogP contribution in [-0.4, -0.2) is 72.6 Å². The smallest absolute Gasteiger partial charge is 0.254 e. The van der Waals surface area contributed by atoms with E-state index in [2.05, 4.69) is 17.1 Å². The van der Waals surface area contributed by atoms with Crippen LogP contribution in [-0.2, 0) is 9.53 Å². The average molecular weight is 373 g/mol. The fraction of sp³-hybridized carbons (Fsp3) is 0.619. The number of carbonyl (C=O) groups is 2. The number of benzene rings is 1. The first-order chi connectivity index (χ1) is 13.1. The minimum atomic E-state index is -0.384. The maximum absolute atomic E-state index is 13.0. The summed E-state index contributed by atoms with van der Waals surface area (Å²) in [5.74, 6) is -0.0871. The summed E-state index contributed by atoms with van der Waals surface area (Å²) >= 11 is 0. The van der Waals surface area contributed by atoms with E-state index in [0.29, 0.717) is 12.1 Å². The van der Waals surface area contributed by atoms with Gasteiger partial charge in [-0.25, -0.2) is 0 Å². The quantitative estimate of drug-likeness (QED) is 0.856. The molecule has 0 aromatic heterocycles. The molecule has 0 saturated carbocycles. The van der Waals surface area contributed by atoms with E-state index in [9.17, 15) is 9.59 Å². The number of hydrogen-bond acceptors (Lipinski definition) is 4. The third-order valence-corrected chi connectivity index (χ3v) is 5.80. The molecular weight excluding hydrogens is 342 g/mol. The molecule has 3 unspecified atom stereocenters. The van der Waals surface area contributed by atoms with Gasteiger partial charge in [-0.1, -0.05) is 18.2 Å². The molecule has 1 aromatic rings. The van der Waals surface area contributed by atoms with E-state index >= 15 is 0 Å². The molecule has 1 aromatic carbocycles. The average Bonchev–Trinajstić information content (AvgIpc) is 2.73. The summed E-state index contributed by atoms with van der Waals surface area (Å²) in [6, 6.07) is 9.11. The van der Waals surface area contributed by atoms with Gasteiger partial charge in [-0.05, 0) is 45.2 Å². The molecule has 2 amide bonds. The van der Waals surface area contributed by atoms with Crippen molar-refractivity contribution in [1.29, 1.82) is 0 Å². The summed E-state index contributed by atoms with van der Waals surface area (Å²) in [6.45, 7) is 8.10. The van der Waals surface area contributed by atoms with Crippen molar-refractivity contribution in [2.24, 2.45) is 0 Å². The Kier molecular flexibility index (Phi) is 6.85. The lowest BCUT2D eigenvalue weighted by Gasteiger charge is -2.38. The molecule has 27 heavy (non-hydrogen) atoms. The van der Waals surface area contributed by atoms with E-state index in [0.717, 1.165) is 45.6 Å². The van der Waals surface area contributed by atoms with E-state index in [-0.39, 0.29) is 29.9 Å². The van der Waals surface area contributed by atoms with Crippen LogP contribution in [0.25, 0.3) is 0 Å². The van der Waals surface area contributed by atoms with Gasteiger partial charge >= 0.3 is 0 Å². The van der Waals surface area contributed by atoms with Crippen molar-refractivity contribution in [2.45, 2.75) is 51.2 Å². The summed E-state index contributed by atoms with van der Waals surface area (Å²) in [5, 5.41) is 3.17. The van der Waals surface area contributed by atoms with E-state index in [4.69, 9.17) is 4.74 Å². The standard InChI is InChI=1S/C21H31N3O3/c1-16(17(2)23-12-14-27-15-13-23)22-20(25)19-10-6-7-11-24(19)21(26)18-8-4-3-5-9-18/h3-5,8-9,16-17,19H,6-7,10-15H2,1-2H3,(H,22,25). The Morgan fingerprint density at radius 2 is 1.78 bits per heavy atom. The van der Waals surface area contributed by atoms with Crippen LogP contribution in [0.2, 0.25) is 0 Å². The summed E-state index contributed by atoms with van der Waals surface area (Å²) in [4.78, 5) is 30.0. The number of nitrogens with one attached hydrogen (secondary N) is 1. The van der Waals surface area contributed by atoms with E-state index in [1.165, 1.54) is 0 Å². The maximum atomic E-state index is 13.0. The van der Waals surface area contributed by atoms with Crippen molar-refractivity contribution in [3.8, 4) is 0 Å². The van der Waals surface area contributed by atoms with Crippen LogP contribution in [0.15, 0.2) is 30.3 Å². The second-order valence-electron chi connectivity index (χ2n) is 7.56. The van der Waals surface area contributed by atoms with Crippen LogP contribution < -0.4 is 5.32 Å². The zero-order valence-corrected chi connectivity index (χ0v) is 16.4. The monoisotopic (exact) mass is 373 g/mol. The molecule has 3 rings (SSSR count). The first-order valence-corrected chi connectivity index (χ1v) is 10.1. The molecule has 2 aliphatic heterocycles. The molecular formula is C21H31N3O3. The zero-order valence-electron chi connectivity index (χ0n) is 16.4. The fourth-order valence-electron chi connectivity index (χ4n) is 3.94. The van der Waals surface area contributed by atoms with Crippen LogP contribution in [0, 0.1) is 0 Å². The Balaban J connectivity index is 1.63. The van der Waals surface area contributed by atoms with Crippen molar-refractivity contribution in [3.05, 3.63) is 35.9 Å². The van der Waals surface area contributed by atoms with E-state index in [1.807, 2.05) is 37.3 Å². The van der Waals surface area contributed by atoms with Gasteiger partial charge in [0, 0.05) is 37.3 Å². The number of morpholine rings is 1. The van der Waals surface area contributed by atoms with Crippen molar-refractivity contribution in [2.75, 3.05) is 32.8 Å². The number of hydrogen-bond donors (Lipinski definition) is 1. The lowest BCUT2D eigenvalue weighted by atomic mass is 9.99. The van der Waals surface area contributed by atoms with Crippen LogP contribution in [0.3, 0.4) is 0 Å². The molecule has 2 saturated heterocycles. The normalized spacial score (nSPS) is 23.5. The molecule has 2 heterocycles. The zero-order chi connectivity index (χ0) is 19.2. The first-order valence-electron chi connectivity index (χ1n) is 10.1. The minimum absolute atomic E-state index is 0.0196. The predicted octanol–water partition coefficient (Wildman–Crippen LogP) is 1.91. The highest BCUT2D eigenvalue weighted by Crippen LogP contribution is 2.20. The van der Waals surface area contributed by atoms with Crippen LogP contribution >= 0.6 is 0 Å². The lowest BCUT2D eigenvalue weighted by Crippen LogP contribution is -2.57. The highest BCUT2D eigenvalue weighted by atomic mass is 16.5. The number of likely N-dealkylation sites (tertiary alicyclic amines) is 1. The predicted molar refractivity (Wildman–Crippen MR) is 105 cm³/mol. The van der Waals surface area contributed by atoms with Gasteiger partial charge < -0.3 is 15.0 Å². The van der Waals surface area contributed by atoms with Gasteiger partial charge in [-0.3, -0.25) is 14.5 Å². The molecule has 0 spiro atoms. The number of rotatable bonds is 5. The Morgan fingerprint density at radius 1 is 1.07 bits per heavy atom. The fourth-order valence-corrected chi connectivity index (χ4v) is 3.94. The summed E-state index contributed by atoms with van der Waals surface area (Å²) in [6.07, 6.45) is 2.65. The van der Waals surface area contributed by atoms with Crippen LogP contribution in [0.4, 0.5) is 0 Å². The lowest BCUT2D eigenvalue weighted by molar-refractivity contribution is -0.127. The number of ether oxygens (including phenoxy) is 1. The summed E-state index contributed by atoms with van der Waals surface area (Å²) < 4.78 is 5.42. The molecule has 2 aliphatic rings. The van der Waals surface area contributed by atoms with Crippen molar-refractivity contribution in [3.63, 3.8) is 0 Å². The molecule has 0 aliphatic carbocycles. The molecule has 0 radical (unpaired) electrons. The van der Waals surface area contributed by atoms with Gasteiger partial charge in [0.2, 0.25) is 5.91 Å². The molecule has 6 heteroatoms. The van der Waals surface area contributed by atoms with Gasteiger partial charge in [-0.2, -0.15) is 0 Å². The minimum Gasteiger partial charge on any atom is -0.379 e. The van der Waals surface area contributed by atoms with Gasteiger partial charge in [0.05, 0.1) is 13.2 Å². The summed E-state index contributed by atoms with van der Waals surface area (Å²) in [7, 11) is 0. The van der Waals surface area contributed by atoms with E-state index < -0.39 is 0 Å². The van der Waals surface area contributed by atoms with Crippen LogP contribution in [0.1, 0.15) is 43.5 Å². The molecule has 2 fully saturated rings. The second-order valence-corrected chi connectivity index (χ2v) is 7.56. The molecule has 3 atom stereocenters. The van der Waals surface area contributed by atoms with Crippen molar-refractivity contribution in [1.82, 2.24) is 15.1 Å². The second kappa shape index (κ2) is 9.33. The first kappa shape index (κ1) is 19.8. The largest absolute Gasteiger partial charge is 0.379 e. The number of amides is 2. The highest BCUT2D eigenvalue weighted by Gasteiger charge is 2.34. The van der Waals surface area contributed by atoms with Crippen molar-refractivity contribution < 1.29 is 14.3 Å². The number of carbonyl (C=O) groups excluding carboxylic acids is 2. The third kappa shape index (κ3) is 4.87. The Morgan fingerprint density at radius 3 is 2.48 bits per heavy atom. The topological polar surface area (TPSA) is 61.9 Å². The van der Waals surface area contributed by atoms with Gasteiger partial charge in [0.25, 0.3) is 5.91 Å². The molecule has 0 bridgehead atoms. The van der Waals surface area contributed by atoms with Gasteiger partial charge in [0.1, 0.15) is 6.04 Å². The Bertz CT molecular complexity index is 631. The highest BCUT2D eigenvalue weighted by molar-refractivity contribution is 5.97.